The van der Waals surface area contributed by atoms with Gasteiger partial charge in [-0.2, -0.15) is 5.26 Å². The first-order valence-electron chi connectivity index (χ1n) is 5.88. The highest BCUT2D eigenvalue weighted by molar-refractivity contribution is 5.76. The van der Waals surface area contributed by atoms with Crippen molar-refractivity contribution in [1.82, 2.24) is 4.98 Å². The molecule has 0 fully saturated rings. The molecule has 1 aromatic heterocycles. The average Bonchev–Trinajstić information content (AvgIpc) is 2.47. The second-order valence-corrected chi connectivity index (χ2v) is 4.16. The summed E-state index contributed by atoms with van der Waals surface area (Å²) in [4.78, 5) is 14.9. The van der Waals surface area contributed by atoms with Crippen molar-refractivity contribution in [2.24, 2.45) is 0 Å². The van der Waals surface area contributed by atoms with Gasteiger partial charge in [-0.05, 0) is 37.3 Å². The number of hydrogen-bond acceptors (Lipinski definition) is 4. The van der Waals surface area contributed by atoms with Gasteiger partial charge in [0.05, 0.1) is 11.6 Å². The van der Waals surface area contributed by atoms with Crippen LogP contribution in [0.5, 0.6) is 5.75 Å². The van der Waals surface area contributed by atoms with Gasteiger partial charge in [0, 0.05) is 11.3 Å². The van der Waals surface area contributed by atoms with Crippen LogP contribution in [0.4, 0.5) is 4.39 Å². The van der Waals surface area contributed by atoms with Gasteiger partial charge in [-0.3, -0.25) is 4.79 Å². The van der Waals surface area contributed by atoms with Crippen LogP contribution < -0.4 is 4.74 Å². The molecule has 5 heteroatoms. The molecule has 2 aromatic rings. The van der Waals surface area contributed by atoms with Crippen molar-refractivity contribution in [3.63, 3.8) is 0 Å². The second kappa shape index (κ2) is 5.93. The highest BCUT2D eigenvalue weighted by atomic mass is 19.1. The molecule has 0 unspecified atom stereocenters. The summed E-state index contributed by atoms with van der Waals surface area (Å²) in [6.07, 6.45) is 0.588. The Hall–Kier alpha value is -2.74. The van der Waals surface area contributed by atoms with E-state index in [1.165, 1.54) is 18.2 Å². The zero-order chi connectivity index (χ0) is 14.5. The summed E-state index contributed by atoms with van der Waals surface area (Å²) in [5.74, 6) is -0.177. The summed E-state index contributed by atoms with van der Waals surface area (Å²) in [7, 11) is 0. The highest BCUT2D eigenvalue weighted by Crippen LogP contribution is 2.18. The van der Waals surface area contributed by atoms with Gasteiger partial charge < -0.3 is 4.74 Å². The summed E-state index contributed by atoms with van der Waals surface area (Å²) in [6, 6.07) is 9.26. The lowest BCUT2D eigenvalue weighted by Crippen LogP contribution is -2.03. The van der Waals surface area contributed by atoms with Gasteiger partial charge in [-0.15, -0.1) is 0 Å². The van der Waals surface area contributed by atoms with E-state index in [1.54, 1.807) is 19.1 Å². The van der Waals surface area contributed by atoms with E-state index in [4.69, 9.17) is 10.00 Å². The third-order valence-corrected chi connectivity index (χ3v) is 2.69. The van der Waals surface area contributed by atoms with Gasteiger partial charge in [-0.1, -0.05) is 0 Å². The number of halogens is 1. The van der Waals surface area contributed by atoms with E-state index < -0.39 is 5.82 Å². The second-order valence-electron chi connectivity index (χ2n) is 4.16. The number of rotatable bonds is 4. The zero-order valence-electron chi connectivity index (χ0n) is 10.8. The fraction of sp³-hybridized carbons (Fsp3) is 0.133. The normalized spacial score (nSPS) is 9.85. The third-order valence-electron chi connectivity index (χ3n) is 2.69. The summed E-state index contributed by atoms with van der Waals surface area (Å²) in [6.45, 7) is 1.68. The molecule has 1 heterocycles. The molecule has 0 atom stereocenters. The molecule has 0 aliphatic rings. The van der Waals surface area contributed by atoms with Crippen molar-refractivity contribution in [3.8, 4) is 11.8 Å². The van der Waals surface area contributed by atoms with Crippen LogP contribution in [0, 0.1) is 24.1 Å². The Kier molecular flexibility index (Phi) is 4.06. The number of aryl methyl sites for hydroxylation is 1. The van der Waals surface area contributed by atoms with Crippen molar-refractivity contribution < 1.29 is 13.9 Å². The van der Waals surface area contributed by atoms with Crippen LogP contribution in [-0.2, 0) is 6.61 Å². The van der Waals surface area contributed by atoms with Gasteiger partial charge in [-0.25, -0.2) is 9.37 Å². The predicted molar refractivity (Wildman–Crippen MR) is 69.8 cm³/mol. The van der Waals surface area contributed by atoms with E-state index in [0.717, 1.165) is 0 Å². The lowest BCUT2D eigenvalue weighted by atomic mass is 10.1. The van der Waals surface area contributed by atoms with Crippen molar-refractivity contribution in [3.05, 3.63) is 58.7 Å². The number of aldehydes is 1. The van der Waals surface area contributed by atoms with Crippen LogP contribution in [0.3, 0.4) is 0 Å². The van der Waals surface area contributed by atoms with Crippen LogP contribution in [-0.4, -0.2) is 11.3 Å². The van der Waals surface area contributed by atoms with Gasteiger partial charge >= 0.3 is 0 Å². The maximum absolute atomic E-state index is 13.6. The number of ether oxygens (including phenoxy) is 1. The van der Waals surface area contributed by atoms with Crippen molar-refractivity contribution in [2.45, 2.75) is 13.5 Å². The van der Waals surface area contributed by atoms with Crippen molar-refractivity contribution >= 4 is 6.29 Å². The smallest absolute Gasteiger partial charge is 0.172 e. The number of hydrogen-bond donors (Lipinski definition) is 0. The van der Waals surface area contributed by atoms with Crippen LogP contribution in [0.25, 0.3) is 0 Å². The molecule has 0 spiro atoms. The molecule has 0 N–H and O–H groups in total. The minimum atomic E-state index is -0.461. The number of pyridine rings is 1. The molecule has 20 heavy (non-hydrogen) atoms. The Morgan fingerprint density at radius 2 is 2.20 bits per heavy atom. The summed E-state index contributed by atoms with van der Waals surface area (Å²) in [5, 5.41) is 8.78. The first-order valence-corrected chi connectivity index (χ1v) is 5.88. The van der Waals surface area contributed by atoms with Gasteiger partial charge in [0.15, 0.2) is 6.29 Å². The number of benzene rings is 1. The quantitative estimate of drug-likeness (QED) is 0.801. The highest BCUT2D eigenvalue weighted by Gasteiger charge is 2.08. The average molecular weight is 270 g/mol. The predicted octanol–water partition coefficient (Wildman–Crippen LogP) is 2.79. The Bertz CT molecular complexity index is 693. The summed E-state index contributed by atoms with van der Waals surface area (Å²) < 4.78 is 19.0. The maximum Gasteiger partial charge on any atom is 0.172 e. The number of carbonyl (C=O) groups is 1. The van der Waals surface area contributed by atoms with E-state index in [1.807, 2.05) is 6.07 Å². The molecule has 0 aliphatic heterocycles. The van der Waals surface area contributed by atoms with E-state index in [0.29, 0.717) is 17.5 Å². The van der Waals surface area contributed by atoms with Crippen LogP contribution in [0.15, 0.2) is 30.3 Å². The van der Waals surface area contributed by atoms with Crippen molar-refractivity contribution in [1.29, 1.82) is 5.26 Å². The topological polar surface area (TPSA) is 63.0 Å². The first kappa shape index (κ1) is 13.7. The Morgan fingerprint density at radius 3 is 2.90 bits per heavy atom. The molecule has 0 bridgehead atoms. The summed E-state index contributed by atoms with van der Waals surface area (Å²) in [5.41, 5.74) is 1.46. The lowest BCUT2D eigenvalue weighted by molar-refractivity contribution is 0.111. The fourth-order valence-corrected chi connectivity index (χ4v) is 1.68. The Balaban J connectivity index is 2.21. The molecular formula is C15H11FN2O2. The summed E-state index contributed by atoms with van der Waals surface area (Å²) >= 11 is 0. The monoisotopic (exact) mass is 270 g/mol. The zero-order valence-corrected chi connectivity index (χ0v) is 10.8. The largest absolute Gasteiger partial charge is 0.486 e. The van der Waals surface area contributed by atoms with E-state index in [2.05, 4.69) is 4.98 Å². The van der Waals surface area contributed by atoms with Crippen LogP contribution in [0.2, 0.25) is 0 Å². The van der Waals surface area contributed by atoms with Gasteiger partial charge in [0.1, 0.15) is 23.9 Å². The lowest BCUT2D eigenvalue weighted by Gasteiger charge is -2.09. The number of aromatic nitrogens is 1. The SMILES string of the molecule is Cc1ccc(OCc2cc(C#N)ccc2F)c(C=O)n1. The minimum Gasteiger partial charge on any atom is -0.486 e. The molecule has 0 saturated carbocycles. The number of nitrogens with zero attached hydrogens (tertiary/aromatic N) is 2. The van der Waals surface area contributed by atoms with Gasteiger partial charge in [0.2, 0.25) is 0 Å². The van der Waals surface area contributed by atoms with E-state index >= 15 is 0 Å². The molecule has 2 rings (SSSR count). The molecule has 0 amide bonds. The standard InChI is InChI=1S/C15H11FN2O2/c1-10-2-5-15(14(8-19)18-10)20-9-12-6-11(7-17)3-4-13(12)16/h2-6,8H,9H2,1H3. The van der Waals surface area contributed by atoms with E-state index in [9.17, 15) is 9.18 Å². The first-order chi connectivity index (χ1) is 9.63. The molecule has 0 radical (unpaired) electrons. The molecule has 4 nitrogen and oxygen atoms in total. The van der Waals surface area contributed by atoms with Crippen LogP contribution in [0.1, 0.15) is 27.3 Å². The number of nitriles is 1. The van der Waals surface area contributed by atoms with Crippen molar-refractivity contribution in [2.75, 3.05) is 0 Å². The maximum atomic E-state index is 13.6. The van der Waals surface area contributed by atoms with Crippen LogP contribution >= 0.6 is 0 Å². The molecule has 100 valence electrons. The van der Waals surface area contributed by atoms with E-state index in [-0.39, 0.29) is 23.6 Å². The number of carbonyl (C=O) groups excluding carboxylic acids is 1. The minimum absolute atomic E-state index is 0.0765. The fourth-order valence-electron chi connectivity index (χ4n) is 1.68. The third kappa shape index (κ3) is 2.98. The molecular weight excluding hydrogens is 259 g/mol. The molecule has 0 aliphatic carbocycles. The Morgan fingerprint density at radius 1 is 1.40 bits per heavy atom. The molecule has 0 saturated heterocycles. The van der Waals surface area contributed by atoms with Gasteiger partial charge in [0.25, 0.3) is 0 Å². The molecule has 1 aromatic carbocycles. The Labute approximate surface area is 115 Å².